The van der Waals surface area contributed by atoms with Crippen LogP contribution in [0.2, 0.25) is 64.5 Å². The Labute approximate surface area is 792 Å². The van der Waals surface area contributed by atoms with E-state index in [4.69, 9.17) is 43.5 Å². The van der Waals surface area contributed by atoms with Gasteiger partial charge in [0.2, 0.25) is 0 Å². The average molecular weight is 1970 g/mol. The van der Waals surface area contributed by atoms with Crippen molar-refractivity contribution in [2.24, 2.45) is 0 Å². The van der Waals surface area contributed by atoms with Gasteiger partial charge in [-0.25, -0.2) is 0 Å². The number of rotatable bonds is 24. The molecule has 4 aromatic heterocycles. The molecule has 10 aromatic carbocycles. The molecule has 4 aliphatic rings. The summed E-state index contributed by atoms with van der Waals surface area (Å²) >= 11 is -1.65. The molecule has 5 atom stereocenters. The van der Waals surface area contributed by atoms with Crippen LogP contribution in [0, 0.1) is 50.5 Å². The van der Waals surface area contributed by atoms with E-state index in [0.717, 1.165) is 38.4 Å². The molecule has 6 nitrogen and oxygen atoms in total. The van der Waals surface area contributed by atoms with Gasteiger partial charge in [-0.2, -0.15) is 0 Å². The van der Waals surface area contributed by atoms with Crippen molar-refractivity contribution in [2.75, 3.05) is 13.2 Å². The zero-order valence-electron chi connectivity index (χ0n) is 78.3. The van der Waals surface area contributed by atoms with Crippen LogP contribution in [-0.4, -0.2) is 75.0 Å². The van der Waals surface area contributed by atoms with Crippen molar-refractivity contribution < 1.29 is 51.2 Å². The molecule has 18 rings (SSSR count). The molecule has 0 saturated heterocycles. The van der Waals surface area contributed by atoms with Crippen LogP contribution in [0.5, 0.6) is 0 Å². The fourth-order valence-electron chi connectivity index (χ4n) is 21.7. The van der Waals surface area contributed by atoms with Gasteiger partial charge in [-0.3, -0.25) is 0 Å². The molecule has 0 fully saturated rings. The van der Waals surface area contributed by atoms with E-state index in [1.807, 2.05) is 0 Å². The van der Waals surface area contributed by atoms with Gasteiger partial charge in [-0.15, -0.1) is 0 Å². The molecule has 654 valence electrons. The molecule has 0 N–H and O–H groups in total. The molecule has 4 aliphatic carbocycles. The summed E-state index contributed by atoms with van der Waals surface area (Å²) in [5.41, 5.74) is 37.5. The summed E-state index contributed by atoms with van der Waals surface area (Å²) in [4.78, 5) is 0. The second-order valence-electron chi connectivity index (χ2n) is 39.7. The fourth-order valence-corrected chi connectivity index (χ4v) is 35.8. The third-order valence-electron chi connectivity index (χ3n) is 26.1. The van der Waals surface area contributed by atoms with Crippen molar-refractivity contribution in [2.45, 2.75) is 224 Å². The Morgan fingerprint density at radius 2 is 0.584 bits per heavy atom. The Morgan fingerprint density at radius 3 is 0.928 bits per heavy atom. The number of para-hydroxylation sites is 3. The molecule has 5 unspecified atom stereocenters. The van der Waals surface area contributed by atoms with E-state index in [1.54, 1.807) is 33.4 Å². The third kappa shape index (κ3) is 20.0. The van der Waals surface area contributed by atoms with Gasteiger partial charge in [0.15, 0.2) is 0 Å². The molecule has 16 heteroatoms. The standard InChI is InChI=1S/C54H54N2OSi.C51H68N2OSi3.4CH3.4ClH.2Zr/c1-37-32-33-47-45(36-37)49-51(56(47)39-24-12-9-13-25-39)41-27-15-17-29-43(41)53(49)58(5,35-21-7-6-20-34-57-54(2,3)4)52-42-28-16-14-26-40(42)50-48(52)44-30-18-19-31-46(44)55(50)38-22-10-8-11-23-38;1-35-25-27-43-41(31-35)45-47(52(43)33-55(6,7)8)37-21-15-17-23-39(37)49(45)57(12,30-20-14-13-19-29-54-51(3,4)5)50-40-24-18-16-22-38(40)48-46(50)42-32-36(2)26-28-44(42)53(48)34-56(9,10)11;;;;;;;;;;/h8-19,22-33,36,52-53H,6-7,20-21,34-35H2,1-5H3;15-18,21-28,31-32,49-50H,13-14,19-20,29-30,33-34H2,1-12H3;4*1H3;4*1H;;/q;;4*-1;;;;;2*+4/p-4. The predicted octanol–water partition coefficient (Wildman–Crippen LogP) is 33.3. The number of nitrogens with zero attached hydrogens (tertiary/aromatic N) is 4. The van der Waals surface area contributed by atoms with Crippen molar-refractivity contribution >= 4 is 110 Å². The van der Waals surface area contributed by atoms with Gasteiger partial charge in [0, 0.05) is 114 Å². The monoisotopic (exact) mass is 1960 g/mol. The Hall–Kier alpha value is -5.93. The summed E-state index contributed by atoms with van der Waals surface area (Å²) in [6.07, 6.45) is 11.9. The number of ether oxygens (including phenoxy) is 2. The Morgan fingerprint density at radius 1 is 0.312 bits per heavy atom. The third-order valence-corrected chi connectivity index (χ3v) is 39.1. The van der Waals surface area contributed by atoms with Gasteiger partial charge < -0.3 is 57.4 Å². The molecule has 14 aromatic rings. The van der Waals surface area contributed by atoms with Crippen molar-refractivity contribution in [3.05, 3.63) is 327 Å². The van der Waals surface area contributed by atoms with Crippen LogP contribution in [0.1, 0.15) is 176 Å². The zero-order chi connectivity index (χ0) is 85.7. The number of fused-ring (bicyclic) bond motifs is 20. The van der Waals surface area contributed by atoms with Crippen molar-refractivity contribution in [1.82, 2.24) is 18.3 Å². The summed E-state index contributed by atoms with van der Waals surface area (Å²) < 4.78 is 23.1. The predicted molar refractivity (Wildman–Crippen MR) is 551 cm³/mol. The van der Waals surface area contributed by atoms with Gasteiger partial charge in [0.25, 0.3) is 0 Å². The Bertz CT molecular complexity index is 5910. The molecule has 0 bridgehead atoms. The Balaban J connectivity index is 0.000000222. The summed E-state index contributed by atoms with van der Waals surface area (Å²) in [6, 6.07) is 94.0. The summed E-state index contributed by atoms with van der Waals surface area (Å²) in [5.74, 6) is 0. The first-order chi connectivity index (χ1) is 57.9. The fraction of sp³-hybridized carbons (Fsp3) is 0.339. The van der Waals surface area contributed by atoms with Crippen LogP contribution in [0.3, 0.4) is 0 Å². The van der Waals surface area contributed by atoms with Crippen molar-refractivity contribution in [3.8, 4) is 56.4 Å². The number of unbranched alkanes of at least 4 members (excludes halogenated alkanes) is 6. The molecular weight excluding hydrogens is 1830 g/mol. The van der Waals surface area contributed by atoms with Crippen molar-refractivity contribution in [3.63, 3.8) is 0 Å². The second kappa shape index (κ2) is 41.2. The maximum atomic E-state index is 6.18. The van der Waals surface area contributed by atoms with E-state index in [1.165, 1.54) is 178 Å². The molecule has 4 heterocycles. The van der Waals surface area contributed by atoms with Crippen LogP contribution in [0.15, 0.2) is 237 Å². The normalized spacial score (nSPS) is 15.9. The van der Waals surface area contributed by atoms with Crippen LogP contribution in [0.25, 0.3) is 100 Å². The van der Waals surface area contributed by atoms with E-state index in [2.05, 4.69) is 370 Å². The van der Waals surface area contributed by atoms with Crippen LogP contribution < -0.4 is 0 Å². The minimum absolute atomic E-state index is 0. The summed E-state index contributed by atoms with van der Waals surface area (Å²) in [6.45, 7) is 42.5. The first kappa shape index (κ1) is 99.6. The van der Waals surface area contributed by atoms with Gasteiger partial charge in [0.05, 0.1) is 77.3 Å². The molecule has 0 saturated carbocycles. The topological polar surface area (TPSA) is 38.2 Å². The molecule has 0 aliphatic heterocycles. The zero-order valence-corrected chi connectivity index (χ0v) is 90.3. The van der Waals surface area contributed by atoms with E-state index in [0.29, 0.717) is 22.2 Å². The number of aromatic nitrogens is 4. The van der Waals surface area contributed by atoms with Gasteiger partial charge >= 0.3 is 75.7 Å². The number of aryl methyl sites for hydroxylation is 3. The number of halogens is 4. The average Bonchev–Trinajstić information content (AvgIpc) is 1.52. The van der Waals surface area contributed by atoms with E-state index >= 15 is 0 Å². The van der Waals surface area contributed by atoms with E-state index < -0.39 is 74.0 Å². The molecular formula is C109H134Cl4N4O2Si4Zr2. The summed E-state index contributed by atoms with van der Waals surface area (Å²) in [5, 5.41) is 5.82. The minimum atomic E-state index is -2.47. The van der Waals surface area contributed by atoms with Gasteiger partial charge in [-0.1, -0.05) is 290 Å². The maximum absolute atomic E-state index is 6.18. The molecule has 0 radical (unpaired) electrons. The first-order valence-electron chi connectivity index (χ1n) is 44.2. The van der Waals surface area contributed by atoms with Gasteiger partial charge in [0.1, 0.15) is 0 Å². The van der Waals surface area contributed by atoms with E-state index in [9.17, 15) is 0 Å². The number of hydrogen-bond acceptors (Lipinski definition) is 2. The van der Waals surface area contributed by atoms with Crippen LogP contribution >= 0.6 is 34.1 Å². The van der Waals surface area contributed by atoms with E-state index in [-0.39, 0.29) is 40.9 Å². The molecule has 125 heavy (non-hydrogen) atoms. The first-order valence-corrected chi connectivity index (χ1v) is 70.0. The van der Waals surface area contributed by atoms with Crippen LogP contribution in [0.4, 0.5) is 0 Å². The molecule has 0 amide bonds. The number of benzene rings is 10. The van der Waals surface area contributed by atoms with Crippen LogP contribution in [-0.2, 0) is 63.5 Å². The summed E-state index contributed by atoms with van der Waals surface area (Å²) in [7, 11) is 11.9. The number of hydrogen-bond donors (Lipinski definition) is 0. The SMILES string of the molecule is Cc1ccc2c(c1)c1c(n2-c2ccccc2)-c2ccccc2C1[Si](C)(CCCCCCOC(C)(C)C)C1c2ccccc2-c2c1c1ccccc1n2-c1ccccc1.Cc1ccc2c(c1)c1c(n2C[Si](C)(C)C)-c2ccccc2C1[Si](C)(CCCCCCOC(C)(C)C)C1c2ccccc2-c2c1c1cc(C)ccc1n2C[Si](C)(C)C.[CH3-].[CH3-].[CH3-].[CH3-].[Cl][Zr+2][Cl].[Cl][Zr+2][Cl]. The second-order valence-corrected chi connectivity index (χ2v) is 67.4. The molecule has 0 spiro atoms. The van der Waals surface area contributed by atoms with Crippen molar-refractivity contribution in [1.29, 1.82) is 0 Å². The Kier molecular flexibility index (Phi) is 32.9. The van der Waals surface area contributed by atoms with Gasteiger partial charge in [-0.05, 0) is 186 Å². The quantitative estimate of drug-likeness (QED) is 0.0344.